The Kier molecular flexibility index (Phi) is 5.35. The normalized spacial score (nSPS) is 13.0. The number of benzene rings is 7. The van der Waals surface area contributed by atoms with Crippen LogP contribution in [-0.4, -0.2) is 24.1 Å². The summed E-state index contributed by atoms with van der Waals surface area (Å²) in [7, 11) is 0. The molecule has 0 aliphatic carbocycles. The van der Waals surface area contributed by atoms with Crippen molar-refractivity contribution < 1.29 is 6.85 Å². The molecule has 0 saturated carbocycles. The van der Waals surface area contributed by atoms with Crippen molar-refractivity contribution in [3.8, 4) is 45.5 Å². The van der Waals surface area contributed by atoms with Gasteiger partial charge >= 0.3 is 0 Å². The standard InChI is InChI=1S/C45H29N5/c1-4-15-30(16-5-1)32-19-14-20-33(27-32)44-46-43(31-17-6-2-7-18-31)47-45(48-44)50-40-26-13-11-24-36(40)38-28-41-37(29-42(38)50)35-23-10-12-25-39(35)49(41)34-21-8-3-9-22-34/h1-29H/i2D,6D,7D,17D,18D. The molecule has 5 nitrogen and oxygen atoms in total. The van der Waals surface area contributed by atoms with Gasteiger partial charge in [0.15, 0.2) is 11.6 Å². The van der Waals surface area contributed by atoms with Crippen molar-refractivity contribution in [2.24, 2.45) is 0 Å². The first-order valence-electron chi connectivity index (χ1n) is 18.9. The Balaban J connectivity index is 1.30. The molecule has 0 radical (unpaired) electrons. The third-order valence-electron chi connectivity index (χ3n) is 9.26. The summed E-state index contributed by atoms with van der Waals surface area (Å²) in [5.74, 6) is 0.543. The Morgan fingerprint density at radius 2 is 0.920 bits per heavy atom. The topological polar surface area (TPSA) is 48.5 Å². The van der Waals surface area contributed by atoms with E-state index in [4.69, 9.17) is 21.8 Å². The van der Waals surface area contributed by atoms with Crippen LogP contribution in [0.1, 0.15) is 6.85 Å². The fourth-order valence-corrected chi connectivity index (χ4v) is 7.04. The maximum Gasteiger partial charge on any atom is 0.238 e. The molecular formula is C45H29N5. The van der Waals surface area contributed by atoms with Gasteiger partial charge in [-0.15, -0.1) is 0 Å². The van der Waals surface area contributed by atoms with Gasteiger partial charge in [-0.3, -0.25) is 4.57 Å². The molecule has 0 unspecified atom stereocenters. The van der Waals surface area contributed by atoms with Gasteiger partial charge in [-0.05, 0) is 53.6 Å². The van der Waals surface area contributed by atoms with E-state index in [9.17, 15) is 0 Å². The fourth-order valence-electron chi connectivity index (χ4n) is 7.04. The van der Waals surface area contributed by atoms with E-state index in [0.717, 1.165) is 60.4 Å². The SMILES string of the molecule is [2H]c1c([2H])c([2H])c(-c2nc(-c3cccc(-c4ccccc4)c3)nc(-n3c4ccccc4c4cc5c(cc43)c3ccccc3n5-c3ccccc3)n2)c([2H])c1[2H]. The smallest absolute Gasteiger partial charge is 0.238 e. The molecule has 0 aliphatic rings. The number of aromatic nitrogens is 5. The summed E-state index contributed by atoms with van der Waals surface area (Å²) >= 11 is 0. The van der Waals surface area contributed by atoms with Crippen LogP contribution in [0.2, 0.25) is 0 Å². The lowest BCUT2D eigenvalue weighted by atomic mass is 10.0. The fraction of sp³-hybridized carbons (Fsp3) is 0. The molecule has 0 aliphatic heterocycles. The van der Waals surface area contributed by atoms with Gasteiger partial charge < -0.3 is 4.57 Å². The zero-order chi connectivity index (χ0) is 37.4. The Morgan fingerprint density at radius 3 is 1.62 bits per heavy atom. The molecule has 0 amide bonds. The van der Waals surface area contributed by atoms with Crippen molar-refractivity contribution >= 4 is 43.6 Å². The highest BCUT2D eigenvalue weighted by Gasteiger charge is 2.21. The van der Waals surface area contributed by atoms with Crippen LogP contribution in [-0.2, 0) is 0 Å². The molecular weight excluding hydrogens is 611 g/mol. The average Bonchev–Trinajstić information content (AvgIpc) is 3.74. The van der Waals surface area contributed by atoms with Gasteiger partial charge in [0, 0.05) is 38.4 Å². The van der Waals surface area contributed by atoms with Crippen molar-refractivity contribution in [2.75, 3.05) is 0 Å². The Hall–Kier alpha value is -6.85. The lowest BCUT2D eigenvalue weighted by Crippen LogP contribution is -2.06. The second-order valence-corrected chi connectivity index (χ2v) is 12.2. The van der Waals surface area contributed by atoms with Gasteiger partial charge in [-0.25, -0.2) is 4.98 Å². The first-order valence-corrected chi connectivity index (χ1v) is 16.4. The van der Waals surface area contributed by atoms with Crippen molar-refractivity contribution in [2.45, 2.75) is 0 Å². The van der Waals surface area contributed by atoms with Gasteiger partial charge in [0.2, 0.25) is 5.95 Å². The van der Waals surface area contributed by atoms with E-state index in [1.54, 1.807) is 0 Å². The summed E-state index contributed by atoms with van der Waals surface area (Å²) < 4.78 is 47.1. The Morgan fingerprint density at radius 1 is 0.380 bits per heavy atom. The van der Waals surface area contributed by atoms with Crippen LogP contribution in [0.15, 0.2) is 176 Å². The first-order chi connectivity index (χ1) is 26.9. The summed E-state index contributed by atoms with van der Waals surface area (Å²) in [5.41, 5.74) is 7.46. The van der Waals surface area contributed by atoms with Crippen molar-refractivity contribution in [3.63, 3.8) is 0 Å². The maximum absolute atomic E-state index is 8.86. The second kappa shape index (κ2) is 11.4. The van der Waals surface area contributed by atoms with Gasteiger partial charge in [0.25, 0.3) is 0 Å². The first kappa shape index (κ1) is 23.5. The zero-order valence-corrected chi connectivity index (χ0v) is 26.6. The highest BCUT2D eigenvalue weighted by molar-refractivity contribution is 6.18. The minimum Gasteiger partial charge on any atom is -0.309 e. The largest absolute Gasteiger partial charge is 0.309 e. The molecule has 5 heteroatoms. The van der Waals surface area contributed by atoms with Crippen LogP contribution < -0.4 is 0 Å². The molecule has 0 N–H and O–H groups in total. The number of para-hydroxylation sites is 3. The predicted octanol–water partition coefficient (Wildman–Crippen LogP) is 11.1. The van der Waals surface area contributed by atoms with E-state index in [1.807, 2.05) is 102 Å². The minimum atomic E-state index is -0.482. The highest BCUT2D eigenvalue weighted by Crippen LogP contribution is 2.39. The van der Waals surface area contributed by atoms with Crippen molar-refractivity contribution in [1.82, 2.24) is 24.1 Å². The number of rotatable bonds is 5. The number of hydrogen-bond donors (Lipinski definition) is 0. The van der Waals surface area contributed by atoms with E-state index in [2.05, 4.69) is 53.1 Å². The molecule has 234 valence electrons. The molecule has 0 saturated heterocycles. The quantitative estimate of drug-likeness (QED) is 0.187. The lowest BCUT2D eigenvalue weighted by molar-refractivity contribution is 0.954. The Labute approximate surface area is 295 Å². The maximum atomic E-state index is 8.86. The average molecular weight is 645 g/mol. The summed E-state index contributed by atoms with van der Waals surface area (Å²) in [5, 5.41) is 4.11. The molecule has 0 spiro atoms. The van der Waals surface area contributed by atoms with Crippen LogP contribution in [0, 0.1) is 0 Å². The molecule has 50 heavy (non-hydrogen) atoms. The molecule has 10 aromatic rings. The van der Waals surface area contributed by atoms with Crippen LogP contribution in [0.4, 0.5) is 0 Å². The van der Waals surface area contributed by atoms with E-state index < -0.39 is 18.1 Å². The van der Waals surface area contributed by atoms with E-state index in [0.29, 0.717) is 11.4 Å². The molecule has 0 bridgehead atoms. The minimum absolute atomic E-state index is 0.0187. The van der Waals surface area contributed by atoms with Gasteiger partial charge in [-0.1, -0.05) is 133 Å². The second-order valence-electron chi connectivity index (χ2n) is 12.2. The molecule has 3 heterocycles. The van der Waals surface area contributed by atoms with Gasteiger partial charge in [0.05, 0.1) is 28.9 Å². The predicted molar refractivity (Wildman–Crippen MR) is 205 cm³/mol. The van der Waals surface area contributed by atoms with Crippen LogP contribution in [0.25, 0.3) is 89.2 Å². The molecule has 0 atom stereocenters. The summed E-state index contributed by atoms with van der Waals surface area (Å²) in [6.45, 7) is 0. The van der Waals surface area contributed by atoms with E-state index in [1.165, 1.54) is 0 Å². The van der Waals surface area contributed by atoms with E-state index in [-0.39, 0.29) is 29.4 Å². The number of nitrogens with zero attached hydrogens (tertiary/aromatic N) is 5. The van der Waals surface area contributed by atoms with Crippen LogP contribution >= 0.6 is 0 Å². The monoisotopic (exact) mass is 644 g/mol. The molecule has 3 aromatic heterocycles. The third kappa shape index (κ3) is 4.52. The highest BCUT2D eigenvalue weighted by atomic mass is 15.2. The van der Waals surface area contributed by atoms with Crippen molar-refractivity contribution in [1.29, 1.82) is 0 Å². The third-order valence-corrected chi connectivity index (χ3v) is 9.26. The summed E-state index contributed by atoms with van der Waals surface area (Å²) in [6.07, 6.45) is 0. The van der Waals surface area contributed by atoms with Crippen molar-refractivity contribution in [3.05, 3.63) is 176 Å². The Bertz CT molecular complexity index is 3130. The molecule has 0 fully saturated rings. The van der Waals surface area contributed by atoms with Gasteiger partial charge in [0.1, 0.15) is 0 Å². The number of fused-ring (bicyclic) bond motifs is 6. The van der Waals surface area contributed by atoms with Crippen LogP contribution in [0.3, 0.4) is 0 Å². The van der Waals surface area contributed by atoms with E-state index >= 15 is 0 Å². The summed E-state index contributed by atoms with van der Waals surface area (Å²) in [4.78, 5) is 14.9. The zero-order valence-electron chi connectivity index (χ0n) is 31.6. The molecule has 10 rings (SSSR count). The summed E-state index contributed by atoms with van der Waals surface area (Å²) in [6, 6.07) is 46.8. The number of hydrogen-bond acceptors (Lipinski definition) is 3. The van der Waals surface area contributed by atoms with Gasteiger partial charge in [-0.2, -0.15) is 9.97 Å². The molecule has 7 aromatic carbocycles. The van der Waals surface area contributed by atoms with Crippen LogP contribution in [0.5, 0.6) is 0 Å². The lowest BCUT2D eigenvalue weighted by Gasteiger charge is -2.12.